The van der Waals surface area contributed by atoms with Gasteiger partial charge in [0.05, 0.1) is 6.10 Å². The van der Waals surface area contributed by atoms with Gasteiger partial charge in [0, 0.05) is 18.3 Å². The second-order valence-electron chi connectivity index (χ2n) is 10.9. The molecule has 4 fully saturated rings. The molecule has 28 heavy (non-hydrogen) atoms. The number of rotatable bonds is 4. The van der Waals surface area contributed by atoms with E-state index in [-0.39, 0.29) is 35.2 Å². The molecule has 0 aliphatic heterocycles. The monoisotopic (exact) mass is 390 g/mol. The zero-order chi connectivity index (χ0) is 20.3. The fraction of sp³-hybridized carbons (Fsp3) is 0.917. The molecule has 0 aromatic carbocycles. The average molecular weight is 391 g/mol. The molecule has 4 rings (SSSR count). The highest BCUT2D eigenvalue weighted by Crippen LogP contribution is 2.68. The maximum Gasteiger partial charge on any atom is 0.303 e. The van der Waals surface area contributed by atoms with Gasteiger partial charge in [-0.1, -0.05) is 20.8 Å². The van der Waals surface area contributed by atoms with E-state index in [2.05, 4.69) is 20.8 Å². The zero-order valence-electron chi connectivity index (χ0n) is 17.8. The molecule has 0 spiro atoms. The van der Waals surface area contributed by atoms with Crippen LogP contribution in [0.5, 0.6) is 0 Å². The highest BCUT2D eigenvalue weighted by molar-refractivity contribution is 5.86. The first-order valence-corrected chi connectivity index (χ1v) is 11.7. The van der Waals surface area contributed by atoms with Crippen LogP contribution in [0.1, 0.15) is 85.0 Å². The molecular weight excluding hydrogens is 352 g/mol. The van der Waals surface area contributed by atoms with Crippen LogP contribution in [0.2, 0.25) is 0 Å². The van der Waals surface area contributed by atoms with Crippen LogP contribution in [0, 0.1) is 46.3 Å². The minimum absolute atomic E-state index is 0.0987. The first kappa shape index (κ1) is 20.4. The van der Waals surface area contributed by atoms with Crippen molar-refractivity contribution < 1.29 is 19.8 Å². The van der Waals surface area contributed by atoms with E-state index in [1.165, 1.54) is 0 Å². The fourth-order valence-corrected chi connectivity index (χ4v) is 8.52. The molecule has 0 unspecified atom stereocenters. The number of aliphatic hydroxyl groups is 1. The first-order valence-electron chi connectivity index (χ1n) is 11.7. The summed E-state index contributed by atoms with van der Waals surface area (Å²) in [5.41, 5.74) is 0.306. The Labute approximate surface area is 169 Å². The predicted octanol–water partition coefficient (Wildman–Crippen LogP) is 4.69. The number of carbonyl (C=O) groups excluding carboxylic acids is 1. The second kappa shape index (κ2) is 7.11. The molecule has 4 aliphatic rings. The predicted molar refractivity (Wildman–Crippen MR) is 108 cm³/mol. The Morgan fingerprint density at radius 2 is 1.71 bits per heavy atom. The van der Waals surface area contributed by atoms with Gasteiger partial charge in [0.2, 0.25) is 0 Å². The lowest BCUT2D eigenvalue weighted by molar-refractivity contribution is -0.172. The molecule has 4 aliphatic carbocycles. The molecule has 4 saturated carbocycles. The minimum atomic E-state index is -0.698. The van der Waals surface area contributed by atoms with Crippen molar-refractivity contribution >= 4 is 11.8 Å². The van der Waals surface area contributed by atoms with Crippen LogP contribution in [0.25, 0.3) is 0 Å². The third-order valence-corrected chi connectivity index (χ3v) is 10.0. The first-order chi connectivity index (χ1) is 13.2. The van der Waals surface area contributed by atoms with Crippen molar-refractivity contribution in [1.29, 1.82) is 0 Å². The van der Waals surface area contributed by atoms with Gasteiger partial charge in [0.25, 0.3) is 0 Å². The normalized spacial score (nSPS) is 50.6. The third kappa shape index (κ3) is 2.88. The van der Waals surface area contributed by atoms with Crippen molar-refractivity contribution in [3.63, 3.8) is 0 Å². The number of carboxylic acids is 1. The summed E-state index contributed by atoms with van der Waals surface area (Å²) in [6.45, 7) is 6.94. The summed E-state index contributed by atoms with van der Waals surface area (Å²) < 4.78 is 0. The molecule has 4 heteroatoms. The lowest BCUT2D eigenvalue weighted by atomic mass is 9.42. The number of ketones is 1. The standard InChI is InChI=1S/C24H38O4/c1-4-16-19-13-15(25)9-11-24(19,3)18-10-12-23(2)14(6-8-20(26)27)5-7-17(23)21(18)22(16)28/h14-19,21,25H,4-13H2,1-3H3,(H,26,27)/t14-,15-,16-,17+,18+,19+,21+,23-,24-/m1/s1. The van der Waals surface area contributed by atoms with Crippen LogP contribution in [0.3, 0.4) is 0 Å². The molecule has 0 saturated heterocycles. The summed E-state index contributed by atoms with van der Waals surface area (Å²) in [5, 5.41) is 19.5. The molecule has 0 heterocycles. The molecule has 0 aromatic rings. The van der Waals surface area contributed by atoms with Crippen LogP contribution >= 0.6 is 0 Å². The van der Waals surface area contributed by atoms with Gasteiger partial charge in [0.15, 0.2) is 0 Å². The Hall–Kier alpha value is -0.900. The Morgan fingerprint density at radius 3 is 2.39 bits per heavy atom. The van der Waals surface area contributed by atoms with Crippen LogP contribution in [-0.4, -0.2) is 28.1 Å². The van der Waals surface area contributed by atoms with E-state index in [0.717, 1.165) is 57.8 Å². The van der Waals surface area contributed by atoms with Crippen LogP contribution < -0.4 is 0 Å². The number of carbonyl (C=O) groups is 2. The summed E-state index contributed by atoms with van der Waals surface area (Å²) in [6, 6.07) is 0. The molecule has 2 N–H and O–H groups in total. The lowest BCUT2D eigenvalue weighted by Gasteiger charge is -2.62. The van der Waals surface area contributed by atoms with E-state index in [9.17, 15) is 14.7 Å². The van der Waals surface area contributed by atoms with Gasteiger partial charge in [-0.15, -0.1) is 0 Å². The number of aliphatic hydroxyl groups excluding tert-OH is 1. The van der Waals surface area contributed by atoms with Gasteiger partial charge < -0.3 is 10.2 Å². The smallest absolute Gasteiger partial charge is 0.303 e. The van der Waals surface area contributed by atoms with E-state index in [1.54, 1.807) is 0 Å². The Bertz CT molecular complexity index is 645. The number of aliphatic carboxylic acids is 1. The van der Waals surface area contributed by atoms with Crippen LogP contribution in [0.15, 0.2) is 0 Å². The van der Waals surface area contributed by atoms with Gasteiger partial charge in [-0.25, -0.2) is 0 Å². The SMILES string of the molecule is CC[C@H]1C(=O)[C@@H]2[C@H](CC[C@]3(C)[C@@H](CCC(=O)O)CC[C@@H]23)[C@@]2(C)CC[C@@H](O)C[C@@H]12. The van der Waals surface area contributed by atoms with Crippen molar-refractivity contribution in [2.45, 2.75) is 91.1 Å². The van der Waals surface area contributed by atoms with Crippen LogP contribution in [0.4, 0.5) is 0 Å². The maximum absolute atomic E-state index is 13.8. The van der Waals surface area contributed by atoms with Crippen LogP contribution in [-0.2, 0) is 9.59 Å². The summed E-state index contributed by atoms with van der Waals surface area (Å²) >= 11 is 0. The van der Waals surface area contributed by atoms with Crippen molar-refractivity contribution in [3.8, 4) is 0 Å². The molecule has 0 bridgehead atoms. The number of hydrogen-bond donors (Lipinski definition) is 2. The van der Waals surface area contributed by atoms with Gasteiger partial charge in [0.1, 0.15) is 5.78 Å². The van der Waals surface area contributed by atoms with E-state index in [4.69, 9.17) is 5.11 Å². The Kier molecular flexibility index (Phi) is 5.17. The van der Waals surface area contributed by atoms with Gasteiger partial charge in [-0.2, -0.15) is 0 Å². The second-order valence-corrected chi connectivity index (χ2v) is 10.9. The Morgan fingerprint density at radius 1 is 1.04 bits per heavy atom. The maximum atomic E-state index is 13.8. The number of Topliss-reactive ketones (excluding diaryl/α,β-unsaturated/α-hetero) is 1. The summed E-state index contributed by atoms with van der Waals surface area (Å²) in [6.07, 6.45) is 8.81. The summed E-state index contributed by atoms with van der Waals surface area (Å²) in [5.74, 6) is 1.71. The summed E-state index contributed by atoms with van der Waals surface area (Å²) in [7, 11) is 0. The number of hydrogen-bond acceptors (Lipinski definition) is 3. The Balaban J connectivity index is 1.65. The number of carboxylic acid groups (broad SMARTS) is 1. The van der Waals surface area contributed by atoms with Crippen molar-refractivity contribution in [2.24, 2.45) is 46.3 Å². The molecular formula is C24H38O4. The molecule has 9 atom stereocenters. The van der Waals surface area contributed by atoms with Crippen molar-refractivity contribution in [3.05, 3.63) is 0 Å². The average Bonchev–Trinajstić information content (AvgIpc) is 2.98. The molecule has 158 valence electrons. The lowest BCUT2D eigenvalue weighted by Crippen LogP contribution is -2.60. The van der Waals surface area contributed by atoms with Gasteiger partial charge in [-0.3, -0.25) is 9.59 Å². The number of fused-ring (bicyclic) bond motifs is 5. The molecule has 0 aromatic heterocycles. The molecule has 0 radical (unpaired) electrons. The summed E-state index contributed by atoms with van der Waals surface area (Å²) in [4.78, 5) is 24.9. The largest absolute Gasteiger partial charge is 0.481 e. The molecule has 0 amide bonds. The third-order valence-electron chi connectivity index (χ3n) is 10.0. The van der Waals surface area contributed by atoms with E-state index < -0.39 is 5.97 Å². The van der Waals surface area contributed by atoms with Gasteiger partial charge >= 0.3 is 5.97 Å². The quantitative estimate of drug-likeness (QED) is 0.730. The topological polar surface area (TPSA) is 74.6 Å². The van der Waals surface area contributed by atoms with Gasteiger partial charge in [-0.05, 0) is 92.3 Å². The fourth-order valence-electron chi connectivity index (χ4n) is 8.52. The van der Waals surface area contributed by atoms with Crippen molar-refractivity contribution in [2.75, 3.05) is 0 Å². The highest BCUT2D eigenvalue weighted by atomic mass is 16.4. The minimum Gasteiger partial charge on any atom is -0.481 e. The molecule has 4 nitrogen and oxygen atoms in total. The highest BCUT2D eigenvalue weighted by Gasteiger charge is 2.64. The van der Waals surface area contributed by atoms with E-state index in [1.807, 2.05) is 0 Å². The van der Waals surface area contributed by atoms with Crippen molar-refractivity contribution in [1.82, 2.24) is 0 Å². The van der Waals surface area contributed by atoms with E-state index in [0.29, 0.717) is 29.5 Å². The van der Waals surface area contributed by atoms with E-state index >= 15 is 0 Å². The zero-order valence-corrected chi connectivity index (χ0v) is 17.8.